The number of oxazole rings is 1. The number of aromatic amines is 1. The molecule has 0 saturated heterocycles. The Bertz CT molecular complexity index is 1510. The summed E-state index contributed by atoms with van der Waals surface area (Å²) in [5.41, 5.74) is 3.82. The van der Waals surface area contributed by atoms with Gasteiger partial charge in [-0.15, -0.1) is 0 Å². The van der Waals surface area contributed by atoms with E-state index in [9.17, 15) is 4.79 Å². The third kappa shape index (κ3) is 6.94. The number of hydrogen-bond acceptors (Lipinski definition) is 5. The average Bonchev–Trinajstić information content (AvgIpc) is 3.60. The van der Waals surface area contributed by atoms with Crippen molar-refractivity contribution in [1.29, 1.82) is 0 Å². The molecule has 0 aliphatic heterocycles. The first-order chi connectivity index (χ1) is 19.1. The summed E-state index contributed by atoms with van der Waals surface area (Å²) >= 11 is 0. The van der Waals surface area contributed by atoms with Crippen LogP contribution in [0.1, 0.15) is 47.8 Å². The standard InChI is InChI=1S/C32H34N4O3/c1-3-23(2)34-32(37)30-22-38-31(35-30)21-36(17-16-25-19-33-29-15-8-7-14-28(25)29)20-24-10-9-13-27(18-24)39-26-11-5-4-6-12-26/h4-15,18-19,22-23,33H,3,16-17,20-21H2,1-2H3,(H,34,37). The van der Waals surface area contributed by atoms with Crippen molar-refractivity contribution in [2.45, 2.75) is 45.8 Å². The molecule has 0 radical (unpaired) electrons. The van der Waals surface area contributed by atoms with Gasteiger partial charge in [-0.2, -0.15) is 0 Å². The minimum absolute atomic E-state index is 0.0794. The highest BCUT2D eigenvalue weighted by atomic mass is 16.5. The van der Waals surface area contributed by atoms with E-state index in [4.69, 9.17) is 9.15 Å². The fourth-order valence-corrected chi connectivity index (χ4v) is 4.50. The van der Waals surface area contributed by atoms with Crippen molar-refractivity contribution >= 4 is 16.8 Å². The van der Waals surface area contributed by atoms with Crippen molar-refractivity contribution in [3.63, 3.8) is 0 Å². The van der Waals surface area contributed by atoms with Crippen molar-refractivity contribution in [3.05, 3.63) is 114 Å². The lowest BCUT2D eigenvalue weighted by atomic mass is 10.1. The summed E-state index contributed by atoms with van der Waals surface area (Å²) in [5, 5.41) is 4.18. The molecule has 1 unspecified atom stereocenters. The van der Waals surface area contributed by atoms with Crippen molar-refractivity contribution < 1.29 is 13.9 Å². The average molecular weight is 523 g/mol. The summed E-state index contributed by atoms with van der Waals surface area (Å²) in [6, 6.07) is 26.3. The number of benzene rings is 3. The minimum atomic E-state index is -0.213. The molecule has 2 heterocycles. The minimum Gasteiger partial charge on any atom is -0.457 e. The Kier molecular flexibility index (Phi) is 8.39. The summed E-state index contributed by atoms with van der Waals surface area (Å²) in [6.07, 6.45) is 5.23. The van der Waals surface area contributed by atoms with Gasteiger partial charge in [-0.05, 0) is 61.2 Å². The first-order valence-corrected chi connectivity index (χ1v) is 13.4. The molecule has 0 fully saturated rings. The Morgan fingerprint density at radius 1 is 1.03 bits per heavy atom. The molecule has 2 aromatic heterocycles. The molecule has 3 aromatic carbocycles. The lowest BCUT2D eigenvalue weighted by Crippen LogP contribution is -2.32. The van der Waals surface area contributed by atoms with Crippen LogP contribution in [0.4, 0.5) is 0 Å². The number of fused-ring (bicyclic) bond motifs is 1. The van der Waals surface area contributed by atoms with Crippen LogP contribution >= 0.6 is 0 Å². The number of rotatable bonds is 12. The maximum Gasteiger partial charge on any atom is 0.273 e. The van der Waals surface area contributed by atoms with Gasteiger partial charge in [-0.1, -0.05) is 55.5 Å². The molecule has 2 N–H and O–H groups in total. The van der Waals surface area contributed by atoms with Crippen LogP contribution in [0.3, 0.4) is 0 Å². The molecular formula is C32H34N4O3. The van der Waals surface area contributed by atoms with Gasteiger partial charge in [0.05, 0.1) is 6.54 Å². The summed E-state index contributed by atoms with van der Waals surface area (Å²) in [5.74, 6) is 1.89. The third-order valence-corrected chi connectivity index (χ3v) is 6.79. The van der Waals surface area contributed by atoms with Crippen LogP contribution < -0.4 is 10.1 Å². The summed E-state index contributed by atoms with van der Waals surface area (Å²) < 4.78 is 11.8. The van der Waals surface area contributed by atoms with E-state index in [-0.39, 0.29) is 11.9 Å². The SMILES string of the molecule is CCC(C)NC(=O)c1coc(CN(CCc2c[nH]c3ccccc23)Cc2cccc(Oc3ccccc3)c2)n1. The smallest absolute Gasteiger partial charge is 0.273 e. The van der Waals surface area contributed by atoms with Gasteiger partial charge in [0, 0.05) is 36.2 Å². The fourth-order valence-electron chi connectivity index (χ4n) is 4.50. The van der Waals surface area contributed by atoms with Gasteiger partial charge in [-0.3, -0.25) is 9.69 Å². The van der Waals surface area contributed by atoms with Gasteiger partial charge < -0.3 is 19.5 Å². The number of carbonyl (C=O) groups is 1. The van der Waals surface area contributed by atoms with Gasteiger partial charge in [0.15, 0.2) is 5.69 Å². The lowest BCUT2D eigenvalue weighted by Gasteiger charge is -2.21. The molecule has 5 rings (SSSR count). The van der Waals surface area contributed by atoms with Crippen LogP contribution in [0.2, 0.25) is 0 Å². The molecule has 0 aliphatic rings. The maximum absolute atomic E-state index is 12.5. The second-order valence-corrected chi connectivity index (χ2v) is 9.79. The molecule has 39 heavy (non-hydrogen) atoms. The summed E-state index contributed by atoms with van der Waals surface area (Å²) in [4.78, 5) is 22.7. The summed E-state index contributed by atoms with van der Waals surface area (Å²) in [6.45, 7) is 5.93. The number of H-pyrrole nitrogens is 1. The monoisotopic (exact) mass is 522 g/mol. The first-order valence-electron chi connectivity index (χ1n) is 13.4. The Labute approximate surface area is 228 Å². The molecule has 7 nitrogen and oxygen atoms in total. The molecule has 0 spiro atoms. The molecule has 7 heteroatoms. The zero-order valence-electron chi connectivity index (χ0n) is 22.4. The van der Waals surface area contributed by atoms with Crippen molar-refractivity contribution in [3.8, 4) is 11.5 Å². The fraction of sp³-hybridized carbons (Fsp3) is 0.250. The third-order valence-electron chi connectivity index (χ3n) is 6.79. The van der Waals surface area contributed by atoms with Crippen LogP contribution in [0.5, 0.6) is 11.5 Å². The Morgan fingerprint density at radius 2 is 1.82 bits per heavy atom. The van der Waals surface area contributed by atoms with Gasteiger partial charge in [0.1, 0.15) is 17.8 Å². The van der Waals surface area contributed by atoms with E-state index in [2.05, 4.69) is 56.7 Å². The van der Waals surface area contributed by atoms with E-state index >= 15 is 0 Å². The van der Waals surface area contributed by atoms with E-state index in [1.165, 1.54) is 17.2 Å². The predicted molar refractivity (Wildman–Crippen MR) is 153 cm³/mol. The molecule has 0 bridgehead atoms. The number of aromatic nitrogens is 2. The largest absolute Gasteiger partial charge is 0.457 e. The van der Waals surface area contributed by atoms with E-state index in [1.54, 1.807) is 0 Å². The normalized spacial score (nSPS) is 12.1. The zero-order chi connectivity index (χ0) is 27.0. The first kappa shape index (κ1) is 26.3. The number of hydrogen-bond donors (Lipinski definition) is 2. The van der Waals surface area contributed by atoms with Crippen LogP contribution in [-0.2, 0) is 19.5 Å². The van der Waals surface area contributed by atoms with Crippen LogP contribution in [0.15, 0.2) is 95.7 Å². The van der Waals surface area contributed by atoms with Crippen molar-refractivity contribution in [1.82, 2.24) is 20.2 Å². The topological polar surface area (TPSA) is 83.4 Å². The van der Waals surface area contributed by atoms with Crippen molar-refractivity contribution in [2.75, 3.05) is 6.54 Å². The lowest BCUT2D eigenvalue weighted by molar-refractivity contribution is 0.0934. The highest BCUT2D eigenvalue weighted by Crippen LogP contribution is 2.24. The van der Waals surface area contributed by atoms with E-state index < -0.39 is 0 Å². The maximum atomic E-state index is 12.5. The van der Waals surface area contributed by atoms with E-state index in [0.717, 1.165) is 42.0 Å². The zero-order valence-corrected chi connectivity index (χ0v) is 22.4. The quantitative estimate of drug-likeness (QED) is 0.190. The molecule has 0 saturated carbocycles. The van der Waals surface area contributed by atoms with Gasteiger partial charge in [-0.25, -0.2) is 4.98 Å². The highest BCUT2D eigenvalue weighted by Gasteiger charge is 2.17. The molecule has 5 aromatic rings. The van der Waals surface area contributed by atoms with Gasteiger partial charge in [0.25, 0.3) is 5.91 Å². The molecule has 1 atom stereocenters. The van der Waals surface area contributed by atoms with E-state index in [0.29, 0.717) is 24.7 Å². The molecular weight excluding hydrogens is 488 g/mol. The number of nitrogens with one attached hydrogen (secondary N) is 2. The molecule has 200 valence electrons. The van der Waals surface area contributed by atoms with Crippen LogP contribution in [0, 0.1) is 0 Å². The van der Waals surface area contributed by atoms with Crippen molar-refractivity contribution in [2.24, 2.45) is 0 Å². The van der Waals surface area contributed by atoms with Crippen LogP contribution in [0.25, 0.3) is 10.9 Å². The Hall–Kier alpha value is -4.36. The molecule has 0 aliphatic carbocycles. The number of amides is 1. The number of nitrogens with zero attached hydrogens (tertiary/aromatic N) is 2. The van der Waals surface area contributed by atoms with Gasteiger partial charge >= 0.3 is 0 Å². The highest BCUT2D eigenvalue weighted by molar-refractivity contribution is 5.92. The Balaban J connectivity index is 1.32. The number of carbonyl (C=O) groups excluding carboxylic acids is 1. The van der Waals surface area contributed by atoms with E-state index in [1.807, 2.05) is 62.4 Å². The van der Waals surface area contributed by atoms with Crippen LogP contribution in [-0.4, -0.2) is 33.4 Å². The number of ether oxygens (including phenoxy) is 1. The molecule has 1 amide bonds. The second-order valence-electron chi connectivity index (χ2n) is 9.79. The Morgan fingerprint density at radius 3 is 2.67 bits per heavy atom. The predicted octanol–water partition coefficient (Wildman–Crippen LogP) is 6.72. The summed E-state index contributed by atoms with van der Waals surface area (Å²) in [7, 11) is 0. The second kappa shape index (κ2) is 12.5. The number of para-hydroxylation sites is 2. The van der Waals surface area contributed by atoms with Gasteiger partial charge in [0.2, 0.25) is 5.89 Å².